The van der Waals surface area contributed by atoms with Crippen molar-refractivity contribution < 1.29 is 23.7 Å². The maximum absolute atomic E-state index is 12.4. The van der Waals surface area contributed by atoms with Gasteiger partial charge in [-0.3, -0.25) is 4.90 Å². The number of nitrogens with zero attached hydrogens (tertiary/aromatic N) is 1. The van der Waals surface area contributed by atoms with Crippen LogP contribution in [0.5, 0.6) is 0 Å². The minimum Gasteiger partial charge on any atom is -0.444 e. The Bertz CT molecular complexity index is 457. The average molecular weight is 355 g/mol. The third-order valence-corrected chi connectivity index (χ3v) is 4.45. The van der Waals surface area contributed by atoms with Crippen molar-refractivity contribution in [3.8, 4) is 0 Å². The number of methoxy groups -OCH3 is 1. The Kier molecular flexibility index (Phi) is 7.72. The Morgan fingerprint density at radius 3 is 2.44 bits per heavy atom. The SMILES string of the molecule is COCCOCCOCCC1=CC2CCC(C1)N2C(=O)OC(C)(C)C. The lowest BCUT2D eigenvalue weighted by atomic mass is 9.99. The van der Waals surface area contributed by atoms with Gasteiger partial charge in [-0.15, -0.1) is 0 Å². The number of hydrogen-bond acceptors (Lipinski definition) is 5. The first kappa shape index (κ1) is 20.2. The van der Waals surface area contributed by atoms with Gasteiger partial charge in [-0.1, -0.05) is 11.6 Å². The molecule has 2 bridgehead atoms. The van der Waals surface area contributed by atoms with Crippen molar-refractivity contribution >= 4 is 6.09 Å². The van der Waals surface area contributed by atoms with Crippen LogP contribution in [0.4, 0.5) is 4.79 Å². The van der Waals surface area contributed by atoms with Gasteiger partial charge in [0.05, 0.1) is 39.1 Å². The summed E-state index contributed by atoms with van der Waals surface area (Å²) in [6.07, 6.45) is 6.00. The van der Waals surface area contributed by atoms with Crippen molar-refractivity contribution in [1.82, 2.24) is 4.90 Å². The van der Waals surface area contributed by atoms with E-state index < -0.39 is 5.60 Å². The van der Waals surface area contributed by atoms with Gasteiger partial charge in [-0.05, 0) is 46.5 Å². The molecule has 2 aliphatic rings. The number of carbonyl (C=O) groups is 1. The average Bonchev–Trinajstić information content (AvgIpc) is 2.80. The van der Waals surface area contributed by atoms with Crippen molar-refractivity contribution in [2.45, 2.75) is 64.1 Å². The van der Waals surface area contributed by atoms with Crippen molar-refractivity contribution in [2.24, 2.45) is 0 Å². The fourth-order valence-corrected chi connectivity index (χ4v) is 3.37. The van der Waals surface area contributed by atoms with Crippen molar-refractivity contribution in [3.63, 3.8) is 0 Å². The minimum atomic E-state index is -0.445. The molecule has 2 rings (SSSR count). The molecule has 0 saturated carbocycles. The first-order valence-corrected chi connectivity index (χ1v) is 9.26. The third kappa shape index (κ3) is 6.60. The van der Waals surface area contributed by atoms with Crippen LogP contribution >= 0.6 is 0 Å². The summed E-state index contributed by atoms with van der Waals surface area (Å²) in [4.78, 5) is 14.3. The highest BCUT2D eigenvalue weighted by Gasteiger charge is 2.41. The Morgan fingerprint density at radius 1 is 1.12 bits per heavy atom. The van der Waals surface area contributed by atoms with E-state index in [1.165, 1.54) is 5.57 Å². The second-order valence-electron chi connectivity index (χ2n) is 7.68. The van der Waals surface area contributed by atoms with Crippen LogP contribution in [0.3, 0.4) is 0 Å². The van der Waals surface area contributed by atoms with Crippen LogP contribution in [-0.4, -0.2) is 68.8 Å². The molecule has 0 aromatic rings. The zero-order valence-electron chi connectivity index (χ0n) is 16.1. The fourth-order valence-electron chi connectivity index (χ4n) is 3.37. The Balaban J connectivity index is 1.70. The zero-order chi connectivity index (χ0) is 18.3. The summed E-state index contributed by atoms with van der Waals surface area (Å²) in [5.41, 5.74) is 0.951. The van der Waals surface area contributed by atoms with Crippen LogP contribution in [0.15, 0.2) is 11.6 Å². The molecule has 2 heterocycles. The third-order valence-electron chi connectivity index (χ3n) is 4.45. The van der Waals surface area contributed by atoms with Crippen LogP contribution in [0, 0.1) is 0 Å². The standard InChI is InChI=1S/C19H33NO5/c1-19(2,3)25-18(21)20-16-5-6-17(20)14-15(13-16)7-8-23-11-12-24-10-9-22-4/h13,16-17H,5-12,14H2,1-4H3. The normalized spacial score (nSPS) is 22.9. The number of amides is 1. The molecule has 0 aliphatic carbocycles. The van der Waals surface area contributed by atoms with E-state index in [1.54, 1.807) is 7.11 Å². The largest absolute Gasteiger partial charge is 0.444 e. The van der Waals surface area contributed by atoms with Gasteiger partial charge in [0.1, 0.15) is 5.60 Å². The Labute approximate surface area is 151 Å². The van der Waals surface area contributed by atoms with Crippen LogP contribution < -0.4 is 0 Å². The molecule has 0 radical (unpaired) electrons. The first-order valence-electron chi connectivity index (χ1n) is 9.26. The predicted octanol–water partition coefficient (Wildman–Crippen LogP) is 3.15. The molecule has 1 fully saturated rings. The van der Waals surface area contributed by atoms with Crippen LogP contribution in [0.25, 0.3) is 0 Å². The predicted molar refractivity (Wildman–Crippen MR) is 95.7 cm³/mol. The van der Waals surface area contributed by atoms with Crippen molar-refractivity contribution in [1.29, 1.82) is 0 Å². The van der Waals surface area contributed by atoms with Gasteiger partial charge in [-0.25, -0.2) is 4.79 Å². The van der Waals surface area contributed by atoms with Gasteiger partial charge >= 0.3 is 6.09 Å². The van der Waals surface area contributed by atoms with E-state index in [0.29, 0.717) is 33.0 Å². The summed E-state index contributed by atoms with van der Waals surface area (Å²) >= 11 is 0. The molecule has 6 heteroatoms. The van der Waals surface area contributed by atoms with Crippen molar-refractivity contribution in [2.75, 3.05) is 40.1 Å². The van der Waals surface area contributed by atoms with Gasteiger partial charge < -0.3 is 18.9 Å². The summed E-state index contributed by atoms with van der Waals surface area (Å²) in [7, 11) is 1.66. The van der Waals surface area contributed by atoms with Crippen molar-refractivity contribution in [3.05, 3.63) is 11.6 Å². The molecule has 0 aromatic heterocycles. The maximum Gasteiger partial charge on any atom is 0.411 e. The molecule has 1 saturated heterocycles. The molecule has 2 aliphatic heterocycles. The molecule has 2 atom stereocenters. The molecule has 25 heavy (non-hydrogen) atoms. The summed E-state index contributed by atoms with van der Waals surface area (Å²) in [6.45, 7) is 8.86. The summed E-state index contributed by atoms with van der Waals surface area (Å²) < 4.78 is 21.5. The lowest BCUT2D eigenvalue weighted by Gasteiger charge is -2.35. The number of hydrogen-bond donors (Lipinski definition) is 0. The highest BCUT2D eigenvalue weighted by atomic mass is 16.6. The first-order chi connectivity index (χ1) is 11.9. The second-order valence-corrected chi connectivity index (χ2v) is 7.68. The molecule has 1 amide bonds. The minimum absolute atomic E-state index is 0.181. The quantitative estimate of drug-likeness (QED) is 0.470. The molecule has 2 unspecified atom stereocenters. The van der Waals surface area contributed by atoms with Crippen LogP contribution in [0.1, 0.15) is 46.5 Å². The topological polar surface area (TPSA) is 57.2 Å². The van der Waals surface area contributed by atoms with E-state index in [1.807, 2.05) is 25.7 Å². The van der Waals surface area contributed by atoms with E-state index in [-0.39, 0.29) is 18.2 Å². The van der Waals surface area contributed by atoms with Crippen LogP contribution in [0.2, 0.25) is 0 Å². The Hall–Kier alpha value is -1.11. The highest BCUT2D eigenvalue weighted by molar-refractivity contribution is 5.70. The summed E-state index contributed by atoms with van der Waals surface area (Å²) in [5, 5.41) is 0. The summed E-state index contributed by atoms with van der Waals surface area (Å²) in [6, 6.07) is 0.457. The molecular formula is C19H33NO5. The van der Waals surface area contributed by atoms with Gasteiger partial charge in [0.25, 0.3) is 0 Å². The number of rotatable bonds is 9. The van der Waals surface area contributed by atoms with Gasteiger partial charge in [0, 0.05) is 13.2 Å². The van der Waals surface area contributed by atoms with Crippen LogP contribution in [-0.2, 0) is 18.9 Å². The Morgan fingerprint density at radius 2 is 1.80 bits per heavy atom. The van der Waals surface area contributed by atoms with E-state index >= 15 is 0 Å². The van der Waals surface area contributed by atoms with E-state index in [4.69, 9.17) is 18.9 Å². The fraction of sp³-hybridized carbons (Fsp3) is 0.842. The molecule has 6 nitrogen and oxygen atoms in total. The van der Waals surface area contributed by atoms with Gasteiger partial charge in [0.2, 0.25) is 0 Å². The lowest BCUT2D eigenvalue weighted by Crippen LogP contribution is -2.45. The second kappa shape index (κ2) is 9.55. The molecule has 0 N–H and O–H groups in total. The number of ether oxygens (including phenoxy) is 4. The zero-order valence-corrected chi connectivity index (χ0v) is 16.1. The van der Waals surface area contributed by atoms with E-state index in [2.05, 4.69) is 6.08 Å². The molecule has 0 aromatic carbocycles. The number of carbonyl (C=O) groups excluding carboxylic acids is 1. The van der Waals surface area contributed by atoms with E-state index in [9.17, 15) is 4.79 Å². The van der Waals surface area contributed by atoms with Gasteiger partial charge in [0.15, 0.2) is 0 Å². The molecular weight excluding hydrogens is 322 g/mol. The molecule has 0 spiro atoms. The van der Waals surface area contributed by atoms with E-state index in [0.717, 1.165) is 25.7 Å². The summed E-state index contributed by atoms with van der Waals surface area (Å²) in [5.74, 6) is 0. The number of fused-ring (bicyclic) bond motifs is 2. The molecule has 144 valence electrons. The smallest absolute Gasteiger partial charge is 0.411 e. The van der Waals surface area contributed by atoms with Gasteiger partial charge in [-0.2, -0.15) is 0 Å². The monoisotopic (exact) mass is 355 g/mol. The maximum atomic E-state index is 12.4. The lowest BCUT2D eigenvalue weighted by molar-refractivity contribution is 0.0158. The highest BCUT2D eigenvalue weighted by Crippen LogP contribution is 2.36.